The van der Waals surface area contributed by atoms with Crippen molar-refractivity contribution in [2.24, 2.45) is 0 Å². The molecule has 9 nitrogen and oxygen atoms in total. The molecule has 10 heteroatoms. The average Bonchev–Trinajstić information content (AvgIpc) is 3.40. The summed E-state index contributed by atoms with van der Waals surface area (Å²) in [5.74, 6) is -0.309. The van der Waals surface area contributed by atoms with Gasteiger partial charge in [-0.3, -0.25) is 4.79 Å². The second kappa shape index (κ2) is 7.21. The monoisotopic (exact) mass is 423 g/mol. The average molecular weight is 424 g/mol. The van der Waals surface area contributed by atoms with Gasteiger partial charge in [0, 0.05) is 18.8 Å². The van der Waals surface area contributed by atoms with E-state index in [4.69, 9.17) is 0 Å². The van der Waals surface area contributed by atoms with E-state index in [1.54, 1.807) is 0 Å². The van der Waals surface area contributed by atoms with Crippen molar-refractivity contribution in [1.29, 1.82) is 0 Å². The minimum absolute atomic E-state index is 0.174. The van der Waals surface area contributed by atoms with Crippen LogP contribution in [-0.2, 0) is 11.3 Å². The number of thiazole rings is 1. The predicted molar refractivity (Wildman–Crippen MR) is 116 cm³/mol. The number of nitrogens with zero attached hydrogens (tertiary/aromatic N) is 6. The van der Waals surface area contributed by atoms with E-state index >= 15 is 0 Å². The summed E-state index contributed by atoms with van der Waals surface area (Å²) in [6.07, 6.45) is 3.74. The number of hydrogen-bond acceptors (Lipinski definition) is 7. The van der Waals surface area contributed by atoms with Gasteiger partial charge in [-0.1, -0.05) is 17.4 Å². The molecule has 0 unspecified atom stereocenters. The predicted octanol–water partition coefficient (Wildman–Crippen LogP) is 2.36. The van der Waals surface area contributed by atoms with Crippen LogP contribution in [0.25, 0.3) is 16.0 Å². The van der Waals surface area contributed by atoms with Crippen molar-refractivity contribution in [2.75, 3.05) is 23.3 Å². The normalized spacial score (nSPS) is 14.1. The number of fused-ring (bicyclic) bond motifs is 3. The van der Waals surface area contributed by atoms with Crippen molar-refractivity contribution in [3.63, 3.8) is 0 Å². The largest absolute Gasteiger partial charge is 0.352 e. The van der Waals surface area contributed by atoms with Crippen molar-refractivity contribution in [3.8, 4) is 0 Å². The molecule has 3 aromatic heterocycles. The van der Waals surface area contributed by atoms with Crippen molar-refractivity contribution < 1.29 is 4.79 Å². The molecule has 0 spiro atoms. The molecule has 1 amide bonds. The number of nitrogens with one attached hydrogen (secondary N) is 1. The number of benzene rings is 1. The van der Waals surface area contributed by atoms with Crippen LogP contribution in [0.5, 0.6) is 0 Å². The molecule has 1 saturated heterocycles. The third kappa shape index (κ3) is 3.32. The molecule has 1 N–H and O–H groups in total. The van der Waals surface area contributed by atoms with Gasteiger partial charge in [0.25, 0.3) is 0 Å². The second-order valence-corrected chi connectivity index (χ2v) is 8.62. The molecule has 0 aliphatic carbocycles. The highest BCUT2D eigenvalue weighted by atomic mass is 32.1. The third-order valence-electron chi connectivity index (χ3n) is 5.14. The summed E-state index contributed by atoms with van der Waals surface area (Å²) in [5.41, 5.74) is 3.48. The molecule has 0 atom stereocenters. The summed E-state index contributed by atoms with van der Waals surface area (Å²) >= 11 is 1.49. The highest BCUT2D eigenvalue weighted by Crippen LogP contribution is 2.31. The van der Waals surface area contributed by atoms with E-state index in [1.807, 2.05) is 32.0 Å². The van der Waals surface area contributed by atoms with Gasteiger partial charge in [0.15, 0.2) is 16.4 Å². The van der Waals surface area contributed by atoms with Crippen molar-refractivity contribution in [3.05, 3.63) is 46.1 Å². The van der Waals surface area contributed by atoms with Crippen molar-refractivity contribution in [1.82, 2.24) is 24.1 Å². The number of hydrogen-bond donors (Lipinski definition) is 1. The number of carbonyl (C=O) groups excluding carboxylic acids is 1. The van der Waals surface area contributed by atoms with E-state index in [9.17, 15) is 9.59 Å². The first-order valence-electron chi connectivity index (χ1n) is 9.86. The highest BCUT2D eigenvalue weighted by Gasteiger charge is 2.20. The molecule has 1 aromatic carbocycles. The van der Waals surface area contributed by atoms with E-state index in [-0.39, 0.29) is 12.5 Å². The Morgan fingerprint density at radius 3 is 2.63 bits per heavy atom. The lowest BCUT2D eigenvalue weighted by Gasteiger charge is -2.11. The lowest BCUT2D eigenvalue weighted by molar-refractivity contribution is -0.117. The molecule has 0 bridgehead atoms. The van der Waals surface area contributed by atoms with Gasteiger partial charge in [-0.15, -0.1) is 5.10 Å². The number of carbonyl (C=O) groups is 1. The van der Waals surface area contributed by atoms with Crippen LogP contribution in [0.4, 0.5) is 10.8 Å². The van der Waals surface area contributed by atoms with Crippen LogP contribution in [0, 0.1) is 13.8 Å². The quantitative estimate of drug-likeness (QED) is 0.541. The molecule has 0 saturated carbocycles. The second-order valence-electron chi connectivity index (χ2n) is 7.65. The molecule has 4 heterocycles. The summed E-state index contributed by atoms with van der Waals surface area (Å²) in [6, 6.07) is 5.82. The molecule has 1 aliphatic heterocycles. The van der Waals surface area contributed by atoms with Crippen LogP contribution in [-0.4, -0.2) is 43.1 Å². The summed E-state index contributed by atoms with van der Waals surface area (Å²) in [7, 11) is 0. The van der Waals surface area contributed by atoms with Crippen LogP contribution in [0.2, 0.25) is 0 Å². The van der Waals surface area contributed by atoms with Crippen molar-refractivity contribution >= 4 is 44.1 Å². The molecule has 30 heavy (non-hydrogen) atoms. The molecule has 4 aromatic rings. The fourth-order valence-corrected chi connectivity index (χ4v) is 4.90. The maximum absolute atomic E-state index is 12.7. The molecule has 5 rings (SSSR count). The molecule has 0 radical (unpaired) electrons. The standard InChI is InChI=1S/C20H21N7O2S/c1-12-7-13(2)9-14(8-12)22-15(28)10-27-20(29)26-11-21-17-16(18(26)24-27)30-19(23-17)25-5-3-4-6-25/h7-9,11H,3-6,10H2,1-2H3,(H,22,28). The molecule has 1 fully saturated rings. The van der Waals surface area contributed by atoms with Gasteiger partial charge in [0.1, 0.15) is 17.6 Å². The SMILES string of the molecule is Cc1cc(C)cc(NC(=O)Cn2nc3c4sc(N5CCCC5)nc4ncn3c2=O)c1. The Balaban J connectivity index is 1.45. The Hall–Kier alpha value is -3.27. The van der Waals surface area contributed by atoms with E-state index < -0.39 is 5.69 Å². The number of aryl methyl sites for hydroxylation is 2. The van der Waals surface area contributed by atoms with Crippen LogP contribution in [0.3, 0.4) is 0 Å². The van der Waals surface area contributed by atoms with E-state index in [2.05, 4.69) is 25.3 Å². The molecule has 154 valence electrons. The Kier molecular flexibility index (Phi) is 4.50. The van der Waals surface area contributed by atoms with Crippen molar-refractivity contribution in [2.45, 2.75) is 33.2 Å². The number of amides is 1. The number of aromatic nitrogens is 5. The molecular weight excluding hydrogens is 402 g/mol. The van der Waals surface area contributed by atoms with Crippen LogP contribution in [0.1, 0.15) is 24.0 Å². The van der Waals surface area contributed by atoms with Gasteiger partial charge in [-0.05, 0) is 49.9 Å². The summed E-state index contributed by atoms with van der Waals surface area (Å²) in [5, 5.41) is 8.16. The fourth-order valence-electron chi connectivity index (χ4n) is 3.86. The molecule has 1 aliphatic rings. The smallest absolute Gasteiger partial charge is 0.348 e. The van der Waals surface area contributed by atoms with E-state index in [0.29, 0.717) is 17.0 Å². The zero-order chi connectivity index (χ0) is 20.8. The Morgan fingerprint density at radius 2 is 1.90 bits per heavy atom. The first kappa shape index (κ1) is 18.7. The summed E-state index contributed by atoms with van der Waals surface area (Å²) in [6.45, 7) is 5.73. The van der Waals surface area contributed by atoms with Gasteiger partial charge in [0.2, 0.25) is 5.91 Å². The van der Waals surface area contributed by atoms with Gasteiger partial charge in [0.05, 0.1) is 0 Å². The van der Waals surface area contributed by atoms with Crippen LogP contribution in [0.15, 0.2) is 29.3 Å². The van der Waals surface area contributed by atoms with Crippen LogP contribution < -0.4 is 15.9 Å². The topological polar surface area (TPSA) is 97.4 Å². The van der Waals surface area contributed by atoms with Gasteiger partial charge < -0.3 is 10.2 Å². The summed E-state index contributed by atoms with van der Waals surface area (Å²) < 4.78 is 3.30. The Labute approximate surface area is 176 Å². The first-order chi connectivity index (χ1) is 14.5. The van der Waals surface area contributed by atoms with E-state index in [1.165, 1.54) is 26.7 Å². The van der Waals surface area contributed by atoms with Gasteiger partial charge in [-0.25, -0.2) is 18.9 Å². The Morgan fingerprint density at radius 1 is 1.17 bits per heavy atom. The number of rotatable bonds is 4. The maximum Gasteiger partial charge on any atom is 0.352 e. The maximum atomic E-state index is 12.7. The minimum Gasteiger partial charge on any atom is -0.348 e. The van der Waals surface area contributed by atoms with Gasteiger partial charge in [-0.2, -0.15) is 4.98 Å². The first-order valence-corrected chi connectivity index (χ1v) is 10.7. The zero-order valence-corrected chi connectivity index (χ0v) is 17.6. The third-order valence-corrected chi connectivity index (χ3v) is 6.24. The summed E-state index contributed by atoms with van der Waals surface area (Å²) in [4.78, 5) is 36.4. The number of anilines is 2. The van der Waals surface area contributed by atoms with E-state index in [0.717, 1.165) is 46.9 Å². The van der Waals surface area contributed by atoms with Crippen LogP contribution >= 0.6 is 11.3 Å². The van der Waals surface area contributed by atoms with Gasteiger partial charge >= 0.3 is 5.69 Å². The fraction of sp³-hybridized carbons (Fsp3) is 0.350. The zero-order valence-electron chi connectivity index (χ0n) is 16.8. The minimum atomic E-state index is -0.397. The lowest BCUT2D eigenvalue weighted by atomic mass is 10.1. The Bertz CT molecular complexity index is 1310. The lowest BCUT2D eigenvalue weighted by Crippen LogP contribution is -2.28. The highest BCUT2D eigenvalue weighted by molar-refractivity contribution is 7.22. The molecular formula is C20H21N7O2S.